The van der Waals surface area contributed by atoms with Crippen LogP contribution in [0.15, 0.2) is 24.3 Å². The molecule has 0 aliphatic carbocycles. The highest BCUT2D eigenvalue weighted by Gasteiger charge is 2.22. The normalized spacial score (nSPS) is 18.0. The fourth-order valence-corrected chi connectivity index (χ4v) is 1.80. The summed E-state index contributed by atoms with van der Waals surface area (Å²) in [7, 11) is 0. The van der Waals surface area contributed by atoms with Gasteiger partial charge in [-0.25, -0.2) is 0 Å². The number of carbonyl (C=O) groups is 1. The number of carboxylic acids is 1. The van der Waals surface area contributed by atoms with Crippen LogP contribution in [-0.2, 0) is 16.0 Å². The molecule has 88 valence electrons. The van der Waals surface area contributed by atoms with Crippen molar-refractivity contribution in [3.63, 3.8) is 0 Å². The van der Waals surface area contributed by atoms with E-state index in [1.807, 2.05) is 38.1 Å². The first-order valence-corrected chi connectivity index (χ1v) is 5.68. The van der Waals surface area contributed by atoms with Crippen LogP contribution in [0.3, 0.4) is 0 Å². The van der Waals surface area contributed by atoms with Gasteiger partial charge in [-0.3, -0.25) is 4.79 Å². The molecule has 1 N–H and O–H groups in total. The average molecular weight is 222 g/mol. The van der Waals surface area contributed by atoms with Gasteiger partial charge in [0.2, 0.25) is 0 Å². The standard InChI is InChI=1S/C11H12O3.C2H6/c12-11(13)7-10-9-4-2-1-3-8(9)5-6-14-10;1-2/h1-4,10H,5-7H2,(H,12,13);1-2H3. The van der Waals surface area contributed by atoms with E-state index in [2.05, 4.69) is 0 Å². The number of benzene rings is 1. The fraction of sp³-hybridized carbons (Fsp3) is 0.462. The van der Waals surface area contributed by atoms with Crippen molar-refractivity contribution < 1.29 is 14.6 Å². The monoisotopic (exact) mass is 222 g/mol. The molecule has 3 nitrogen and oxygen atoms in total. The van der Waals surface area contributed by atoms with E-state index in [1.54, 1.807) is 0 Å². The Labute approximate surface area is 96.1 Å². The topological polar surface area (TPSA) is 46.5 Å². The van der Waals surface area contributed by atoms with Gasteiger partial charge in [0.05, 0.1) is 19.1 Å². The van der Waals surface area contributed by atoms with Crippen molar-refractivity contribution in [2.75, 3.05) is 6.61 Å². The first kappa shape index (κ1) is 12.7. The summed E-state index contributed by atoms with van der Waals surface area (Å²) in [5, 5.41) is 8.71. The van der Waals surface area contributed by atoms with Crippen LogP contribution in [0.5, 0.6) is 0 Å². The van der Waals surface area contributed by atoms with Crippen LogP contribution in [0.4, 0.5) is 0 Å². The third-order valence-corrected chi connectivity index (χ3v) is 2.45. The molecule has 0 spiro atoms. The maximum Gasteiger partial charge on any atom is 0.306 e. The van der Waals surface area contributed by atoms with Crippen LogP contribution in [0.2, 0.25) is 0 Å². The van der Waals surface area contributed by atoms with Crippen molar-refractivity contribution in [1.82, 2.24) is 0 Å². The predicted molar refractivity (Wildman–Crippen MR) is 62.4 cm³/mol. The predicted octanol–water partition coefficient (Wildman–Crippen LogP) is 2.80. The van der Waals surface area contributed by atoms with Gasteiger partial charge in [-0.1, -0.05) is 38.1 Å². The Morgan fingerprint density at radius 3 is 2.81 bits per heavy atom. The molecule has 2 rings (SSSR count). The lowest BCUT2D eigenvalue weighted by atomic mass is 9.96. The van der Waals surface area contributed by atoms with E-state index in [0.29, 0.717) is 6.61 Å². The minimum Gasteiger partial charge on any atom is -0.481 e. The quantitative estimate of drug-likeness (QED) is 0.837. The smallest absolute Gasteiger partial charge is 0.306 e. The zero-order chi connectivity index (χ0) is 12.0. The fourth-order valence-electron chi connectivity index (χ4n) is 1.80. The maximum absolute atomic E-state index is 10.6. The van der Waals surface area contributed by atoms with E-state index < -0.39 is 5.97 Å². The first-order valence-electron chi connectivity index (χ1n) is 5.68. The lowest BCUT2D eigenvalue weighted by Crippen LogP contribution is -2.18. The van der Waals surface area contributed by atoms with Gasteiger partial charge in [0.15, 0.2) is 0 Å². The van der Waals surface area contributed by atoms with Crippen molar-refractivity contribution in [1.29, 1.82) is 0 Å². The highest BCUT2D eigenvalue weighted by Crippen LogP contribution is 2.29. The second-order valence-corrected chi connectivity index (χ2v) is 3.41. The summed E-state index contributed by atoms with van der Waals surface area (Å²) < 4.78 is 5.43. The zero-order valence-corrected chi connectivity index (χ0v) is 9.77. The number of hydrogen-bond acceptors (Lipinski definition) is 2. The van der Waals surface area contributed by atoms with Crippen LogP contribution in [-0.4, -0.2) is 17.7 Å². The zero-order valence-electron chi connectivity index (χ0n) is 9.77. The first-order chi connectivity index (χ1) is 7.77. The van der Waals surface area contributed by atoms with Crippen molar-refractivity contribution in [3.05, 3.63) is 35.4 Å². The molecule has 0 amide bonds. The molecule has 0 saturated heterocycles. The van der Waals surface area contributed by atoms with E-state index >= 15 is 0 Å². The van der Waals surface area contributed by atoms with Crippen molar-refractivity contribution in [2.45, 2.75) is 32.8 Å². The van der Waals surface area contributed by atoms with Gasteiger partial charge in [0, 0.05) is 0 Å². The number of fused-ring (bicyclic) bond motifs is 1. The Balaban J connectivity index is 0.000000606. The van der Waals surface area contributed by atoms with Crippen LogP contribution < -0.4 is 0 Å². The Hall–Kier alpha value is -1.35. The Morgan fingerprint density at radius 1 is 1.44 bits per heavy atom. The van der Waals surface area contributed by atoms with E-state index in [9.17, 15) is 4.79 Å². The summed E-state index contributed by atoms with van der Waals surface area (Å²) in [5.41, 5.74) is 2.24. The molecule has 1 aliphatic rings. The minimum atomic E-state index is -0.813. The van der Waals surface area contributed by atoms with E-state index in [0.717, 1.165) is 12.0 Å². The molecule has 16 heavy (non-hydrogen) atoms. The van der Waals surface area contributed by atoms with Gasteiger partial charge >= 0.3 is 5.97 Å². The number of rotatable bonds is 2. The molecule has 0 aromatic heterocycles. The van der Waals surface area contributed by atoms with E-state index in [4.69, 9.17) is 9.84 Å². The lowest BCUT2D eigenvalue weighted by molar-refractivity contribution is -0.140. The van der Waals surface area contributed by atoms with Crippen LogP contribution in [0.25, 0.3) is 0 Å². The summed E-state index contributed by atoms with van der Waals surface area (Å²) in [6.07, 6.45) is 0.668. The highest BCUT2D eigenvalue weighted by atomic mass is 16.5. The number of hydrogen-bond donors (Lipinski definition) is 1. The molecular weight excluding hydrogens is 204 g/mol. The van der Waals surface area contributed by atoms with Crippen molar-refractivity contribution >= 4 is 5.97 Å². The molecule has 1 unspecified atom stereocenters. The molecule has 0 bridgehead atoms. The van der Waals surface area contributed by atoms with Gasteiger partial charge in [-0.05, 0) is 17.5 Å². The Morgan fingerprint density at radius 2 is 2.12 bits per heavy atom. The largest absolute Gasteiger partial charge is 0.481 e. The second kappa shape index (κ2) is 6.28. The van der Waals surface area contributed by atoms with E-state index in [-0.39, 0.29) is 12.5 Å². The second-order valence-electron chi connectivity index (χ2n) is 3.41. The van der Waals surface area contributed by atoms with Crippen molar-refractivity contribution in [2.24, 2.45) is 0 Å². The molecule has 3 heteroatoms. The number of carboxylic acid groups (broad SMARTS) is 1. The molecule has 0 radical (unpaired) electrons. The van der Waals surface area contributed by atoms with Gasteiger partial charge < -0.3 is 9.84 Å². The molecule has 1 atom stereocenters. The van der Waals surface area contributed by atoms with E-state index in [1.165, 1.54) is 5.56 Å². The van der Waals surface area contributed by atoms with Gasteiger partial charge in [-0.2, -0.15) is 0 Å². The minimum absolute atomic E-state index is 0.0526. The SMILES string of the molecule is CC.O=C(O)CC1OCCc2ccccc21. The van der Waals surface area contributed by atoms with Gasteiger partial charge in [-0.15, -0.1) is 0 Å². The summed E-state index contributed by atoms with van der Waals surface area (Å²) >= 11 is 0. The molecule has 0 saturated carbocycles. The average Bonchev–Trinajstić information content (AvgIpc) is 2.31. The number of aliphatic carboxylic acids is 1. The van der Waals surface area contributed by atoms with Crippen LogP contribution >= 0.6 is 0 Å². The molecule has 1 aromatic rings. The van der Waals surface area contributed by atoms with Crippen LogP contribution in [0.1, 0.15) is 37.5 Å². The summed E-state index contributed by atoms with van der Waals surface area (Å²) in [5.74, 6) is -0.813. The van der Waals surface area contributed by atoms with Crippen molar-refractivity contribution in [3.8, 4) is 0 Å². The third kappa shape index (κ3) is 3.07. The number of ether oxygens (including phenoxy) is 1. The highest BCUT2D eigenvalue weighted by molar-refractivity contribution is 5.68. The summed E-state index contributed by atoms with van der Waals surface area (Å²) in [6, 6.07) is 7.87. The molecular formula is C13H18O3. The summed E-state index contributed by atoms with van der Waals surface area (Å²) in [4.78, 5) is 10.6. The Bertz CT molecular complexity index is 347. The Kier molecular flexibility index (Phi) is 4.99. The molecule has 1 heterocycles. The van der Waals surface area contributed by atoms with Gasteiger partial charge in [0.25, 0.3) is 0 Å². The maximum atomic E-state index is 10.6. The third-order valence-electron chi connectivity index (χ3n) is 2.45. The molecule has 1 aromatic carbocycles. The molecule has 1 aliphatic heterocycles. The lowest BCUT2D eigenvalue weighted by Gasteiger charge is -2.24. The summed E-state index contributed by atoms with van der Waals surface area (Å²) in [6.45, 7) is 4.62. The van der Waals surface area contributed by atoms with Gasteiger partial charge in [0.1, 0.15) is 0 Å². The molecule has 0 fully saturated rings. The van der Waals surface area contributed by atoms with Crippen LogP contribution in [0, 0.1) is 0 Å².